The van der Waals surface area contributed by atoms with Crippen LogP contribution < -0.4 is 4.74 Å². The summed E-state index contributed by atoms with van der Waals surface area (Å²) in [6, 6.07) is 6.59. The van der Waals surface area contributed by atoms with E-state index in [4.69, 9.17) is 9.84 Å². The highest BCUT2D eigenvalue weighted by atomic mass is 79.9. The standard InChI is InChI=1S/C13H15BrO3/c14-11-3-1-2-4-12(11)17-10-7-5-9(6-8-10)13(15)16/h5-8,11-12H,1-4H2,(H,15,16). The Morgan fingerprint density at radius 3 is 2.47 bits per heavy atom. The van der Waals surface area contributed by atoms with Crippen molar-refractivity contribution in [3.8, 4) is 5.75 Å². The van der Waals surface area contributed by atoms with Crippen molar-refractivity contribution in [1.29, 1.82) is 0 Å². The first-order valence-corrected chi connectivity index (χ1v) is 6.72. The Labute approximate surface area is 109 Å². The van der Waals surface area contributed by atoms with Crippen molar-refractivity contribution in [3.63, 3.8) is 0 Å². The first-order valence-electron chi connectivity index (χ1n) is 5.81. The van der Waals surface area contributed by atoms with Crippen LogP contribution in [-0.2, 0) is 0 Å². The molecule has 3 nitrogen and oxygen atoms in total. The Bertz CT molecular complexity index is 388. The van der Waals surface area contributed by atoms with Crippen LogP contribution in [0.25, 0.3) is 0 Å². The predicted molar refractivity (Wildman–Crippen MR) is 69.0 cm³/mol. The molecule has 0 radical (unpaired) electrons. The van der Waals surface area contributed by atoms with Crippen LogP contribution in [0.3, 0.4) is 0 Å². The van der Waals surface area contributed by atoms with Crippen LogP contribution in [0, 0.1) is 0 Å². The summed E-state index contributed by atoms with van der Waals surface area (Å²) in [5.74, 6) is -0.168. The average molecular weight is 299 g/mol. The highest BCUT2D eigenvalue weighted by Crippen LogP contribution is 2.28. The molecular formula is C13H15BrO3. The van der Waals surface area contributed by atoms with Gasteiger partial charge in [-0.1, -0.05) is 22.4 Å². The minimum atomic E-state index is -0.910. The monoisotopic (exact) mass is 298 g/mol. The van der Waals surface area contributed by atoms with Gasteiger partial charge in [0.2, 0.25) is 0 Å². The number of alkyl halides is 1. The molecule has 1 aromatic rings. The Hall–Kier alpha value is -1.03. The molecule has 0 heterocycles. The third-order valence-corrected chi connectivity index (χ3v) is 4.06. The first-order chi connectivity index (χ1) is 8.16. The fourth-order valence-electron chi connectivity index (χ4n) is 2.04. The zero-order valence-electron chi connectivity index (χ0n) is 9.43. The van der Waals surface area contributed by atoms with E-state index >= 15 is 0 Å². The maximum absolute atomic E-state index is 10.7. The summed E-state index contributed by atoms with van der Waals surface area (Å²) < 4.78 is 5.86. The van der Waals surface area contributed by atoms with Gasteiger partial charge in [-0.25, -0.2) is 4.79 Å². The second-order valence-corrected chi connectivity index (χ2v) is 5.46. The number of halogens is 1. The summed E-state index contributed by atoms with van der Waals surface area (Å²) in [4.78, 5) is 11.1. The number of rotatable bonds is 3. The van der Waals surface area contributed by atoms with Gasteiger partial charge in [0.05, 0.1) is 10.4 Å². The van der Waals surface area contributed by atoms with Crippen molar-refractivity contribution in [1.82, 2.24) is 0 Å². The van der Waals surface area contributed by atoms with E-state index in [1.54, 1.807) is 24.3 Å². The molecule has 1 aromatic carbocycles. The van der Waals surface area contributed by atoms with Gasteiger partial charge in [0.1, 0.15) is 11.9 Å². The average Bonchev–Trinajstić information content (AvgIpc) is 2.33. The quantitative estimate of drug-likeness (QED) is 0.869. The van der Waals surface area contributed by atoms with Crippen LogP contribution in [-0.4, -0.2) is 22.0 Å². The van der Waals surface area contributed by atoms with Crippen molar-refractivity contribution in [3.05, 3.63) is 29.8 Å². The molecule has 1 N–H and O–H groups in total. The summed E-state index contributed by atoms with van der Waals surface area (Å²) in [7, 11) is 0. The van der Waals surface area contributed by atoms with E-state index in [2.05, 4.69) is 15.9 Å². The number of ether oxygens (including phenoxy) is 1. The molecular weight excluding hydrogens is 284 g/mol. The molecule has 1 aliphatic rings. The number of hydrogen-bond donors (Lipinski definition) is 1. The van der Waals surface area contributed by atoms with E-state index in [0.29, 0.717) is 4.83 Å². The lowest BCUT2D eigenvalue weighted by atomic mass is 9.97. The summed E-state index contributed by atoms with van der Waals surface area (Å²) in [5.41, 5.74) is 0.288. The Balaban J connectivity index is 2.00. The van der Waals surface area contributed by atoms with Gasteiger partial charge in [-0.2, -0.15) is 0 Å². The largest absolute Gasteiger partial charge is 0.489 e. The summed E-state index contributed by atoms with van der Waals surface area (Å²) in [6.45, 7) is 0. The van der Waals surface area contributed by atoms with Gasteiger partial charge in [-0.3, -0.25) is 0 Å². The molecule has 2 atom stereocenters. The van der Waals surface area contributed by atoms with E-state index in [9.17, 15) is 4.79 Å². The van der Waals surface area contributed by atoms with Crippen LogP contribution in [0.15, 0.2) is 24.3 Å². The minimum absolute atomic E-state index is 0.194. The zero-order chi connectivity index (χ0) is 12.3. The molecule has 1 aliphatic carbocycles. The van der Waals surface area contributed by atoms with Crippen molar-refractivity contribution in [2.75, 3.05) is 0 Å². The molecule has 0 bridgehead atoms. The molecule has 1 saturated carbocycles. The van der Waals surface area contributed by atoms with Crippen molar-refractivity contribution in [2.24, 2.45) is 0 Å². The molecule has 2 unspecified atom stereocenters. The number of benzene rings is 1. The minimum Gasteiger partial charge on any atom is -0.489 e. The van der Waals surface area contributed by atoms with Gasteiger partial charge in [-0.15, -0.1) is 0 Å². The van der Waals surface area contributed by atoms with E-state index in [0.717, 1.165) is 18.6 Å². The number of carboxylic acid groups (broad SMARTS) is 1. The fourth-order valence-corrected chi connectivity index (χ4v) is 2.73. The van der Waals surface area contributed by atoms with E-state index in [1.165, 1.54) is 12.8 Å². The molecule has 0 amide bonds. The highest BCUT2D eigenvalue weighted by Gasteiger charge is 2.24. The molecule has 17 heavy (non-hydrogen) atoms. The van der Waals surface area contributed by atoms with Gasteiger partial charge in [-0.05, 0) is 43.5 Å². The van der Waals surface area contributed by atoms with Gasteiger partial charge >= 0.3 is 5.97 Å². The van der Waals surface area contributed by atoms with Gasteiger partial charge < -0.3 is 9.84 Å². The number of carboxylic acids is 1. The van der Waals surface area contributed by atoms with Crippen molar-refractivity contribution >= 4 is 21.9 Å². The van der Waals surface area contributed by atoms with E-state index < -0.39 is 5.97 Å². The Kier molecular flexibility index (Phi) is 4.05. The Morgan fingerprint density at radius 2 is 1.88 bits per heavy atom. The topological polar surface area (TPSA) is 46.5 Å². The molecule has 0 aromatic heterocycles. The highest BCUT2D eigenvalue weighted by molar-refractivity contribution is 9.09. The second kappa shape index (κ2) is 5.54. The lowest BCUT2D eigenvalue weighted by Gasteiger charge is -2.28. The zero-order valence-corrected chi connectivity index (χ0v) is 11.0. The molecule has 1 fully saturated rings. The summed E-state index contributed by atoms with van der Waals surface area (Å²) in [6.07, 6.45) is 4.82. The molecule has 0 saturated heterocycles. The van der Waals surface area contributed by atoms with Crippen molar-refractivity contribution < 1.29 is 14.6 Å². The van der Waals surface area contributed by atoms with Gasteiger partial charge in [0, 0.05) is 0 Å². The van der Waals surface area contributed by atoms with Crippen molar-refractivity contribution in [2.45, 2.75) is 36.6 Å². The third kappa shape index (κ3) is 3.22. The predicted octanol–water partition coefficient (Wildman–Crippen LogP) is 3.47. The van der Waals surface area contributed by atoms with E-state index in [1.807, 2.05) is 0 Å². The molecule has 0 aliphatic heterocycles. The lowest BCUT2D eigenvalue weighted by Crippen LogP contribution is -2.30. The van der Waals surface area contributed by atoms with Crippen LogP contribution in [0.4, 0.5) is 0 Å². The maximum atomic E-state index is 10.7. The molecule has 92 valence electrons. The third-order valence-electron chi connectivity index (χ3n) is 3.01. The molecule has 2 rings (SSSR count). The van der Waals surface area contributed by atoms with Crippen LogP contribution in [0.5, 0.6) is 5.75 Å². The SMILES string of the molecule is O=C(O)c1ccc(OC2CCCCC2Br)cc1. The number of hydrogen-bond acceptors (Lipinski definition) is 2. The number of carbonyl (C=O) groups is 1. The first kappa shape index (κ1) is 12.4. The summed E-state index contributed by atoms with van der Waals surface area (Å²) >= 11 is 3.63. The lowest BCUT2D eigenvalue weighted by molar-refractivity contribution is 0.0697. The second-order valence-electron chi connectivity index (χ2n) is 4.29. The molecule has 0 spiro atoms. The number of aromatic carboxylic acids is 1. The maximum Gasteiger partial charge on any atom is 0.335 e. The van der Waals surface area contributed by atoms with E-state index in [-0.39, 0.29) is 11.7 Å². The van der Waals surface area contributed by atoms with Gasteiger partial charge in [0.25, 0.3) is 0 Å². The van der Waals surface area contributed by atoms with Crippen LogP contribution in [0.1, 0.15) is 36.0 Å². The summed E-state index contributed by atoms with van der Waals surface area (Å²) in [5, 5.41) is 8.79. The smallest absolute Gasteiger partial charge is 0.335 e. The molecule has 4 heteroatoms. The van der Waals surface area contributed by atoms with Crippen LogP contribution in [0.2, 0.25) is 0 Å². The fraction of sp³-hybridized carbons (Fsp3) is 0.462. The normalized spacial score (nSPS) is 24.3. The van der Waals surface area contributed by atoms with Gasteiger partial charge in [0.15, 0.2) is 0 Å². The van der Waals surface area contributed by atoms with Crippen LogP contribution >= 0.6 is 15.9 Å². The Morgan fingerprint density at radius 1 is 1.24 bits per heavy atom.